The van der Waals surface area contributed by atoms with Crippen molar-refractivity contribution < 1.29 is 12.9 Å². The molecule has 0 atom stereocenters. The highest BCUT2D eigenvalue weighted by atomic mass is 32.2. The van der Waals surface area contributed by atoms with Gasteiger partial charge in [-0.05, 0) is 18.8 Å². The fraction of sp³-hybridized carbons (Fsp3) is 0.588. The predicted molar refractivity (Wildman–Crippen MR) is 95.2 cm³/mol. The highest BCUT2D eigenvalue weighted by Crippen LogP contribution is 2.24. The normalized spacial score (nSPS) is 17.5. The molecule has 0 N–H and O–H groups in total. The summed E-state index contributed by atoms with van der Waals surface area (Å²) in [5.41, 5.74) is 0.540. The Balaban J connectivity index is 1.64. The molecule has 0 saturated carbocycles. The van der Waals surface area contributed by atoms with Gasteiger partial charge in [0.05, 0.1) is 18.2 Å². The van der Waals surface area contributed by atoms with E-state index in [4.69, 9.17) is 0 Å². The molecular weight excluding hydrogens is 356 g/mol. The molecule has 3 rings (SSSR count). The standard InChI is InChI=1S/C17H24N4O4S/c1-17(2,3)15-8-16(22)20(12-18-15)10-13-4-6-21(7-5-13)26(23,24)14-9-19-25-11-14/h8-9,11-13H,4-7,10H2,1-3H3. The maximum Gasteiger partial charge on any atom is 0.253 e. The first kappa shape index (κ1) is 18.8. The largest absolute Gasteiger partial charge is 0.363 e. The van der Waals surface area contributed by atoms with E-state index in [1.807, 2.05) is 20.8 Å². The van der Waals surface area contributed by atoms with E-state index in [-0.39, 0.29) is 21.8 Å². The maximum atomic E-state index is 12.5. The van der Waals surface area contributed by atoms with Crippen LogP contribution in [-0.4, -0.2) is 40.5 Å². The molecule has 142 valence electrons. The minimum Gasteiger partial charge on any atom is -0.363 e. The van der Waals surface area contributed by atoms with Gasteiger partial charge < -0.3 is 4.52 Å². The Morgan fingerprint density at radius 3 is 2.50 bits per heavy atom. The summed E-state index contributed by atoms with van der Waals surface area (Å²) in [4.78, 5) is 16.8. The van der Waals surface area contributed by atoms with E-state index >= 15 is 0 Å². The highest BCUT2D eigenvalue weighted by Gasteiger charge is 2.30. The smallest absolute Gasteiger partial charge is 0.253 e. The zero-order chi connectivity index (χ0) is 18.9. The van der Waals surface area contributed by atoms with E-state index in [1.165, 1.54) is 10.5 Å². The number of hydrogen-bond acceptors (Lipinski definition) is 6. The zero-order valence-electron chi connectivity index (χ0n) is 15.3. The third-order valence-electron chi connectivity index (χ3n) is 4.72. The van der Waals surface area contributed by atoms with Gasteiger partial charge in [-0.3, -0.25) is 9.36 Å². The van der Waals surface area contributed by atoms with Gasteiger partial charge in [0.15, 0.2) is 0 Å². The molecule has 0 unspecified atom stereocenters. The Kier molecular flexibility index (Phi) is 5.03. The van der Waals surface area contributed by atoms with Crippen LogP contribution >= 0.6 is 0 Å². The number of hydrogen-bond donors (Lipinski definition) is 0. The zero-order valence-corrected chi connectivity index (χ0v) is 16.1. The molecule has 0 amide bonds. The van der Waals surface area contributed by atoms with Crippen molar-refractivity contribution in [3.63, 3.8) is 0 Å². The maximum absolute atomic E-state index is 12.5. The molecule has 0 aliphatic carbocycles. The summed E-state index contributed by atoms with van der Waals surface area (Å²) >= 11 is 0. The predicted octanol–water partition coefficient (Wildman–Crippen LogP) is 1.63. The lowest BCUT2D eigenvalue weighted by Gasteiger charge is -2.31. The molecule has 0 bridgehead atoms. The van der Waals surface area contributed by atoms with Crippen LogP contribution in [0.5, 0.6) is 0 Å². The lowest BCUT2D eigenvalue weighted by atomic mass is 9.92. The number of aromatic nitrogens is 3. The quantitative estimate of drug-likeness (QED) is 0.799. The van der Waals surface area contributed by atoms with Crippen LogP contribution in [0.3, 0.4) is 0 Å². The Morgan fingerprint density at radius 1 is 1.27 bits per heavy atom. The SMILES string of the molecule is CC(C)(C)c1cc(=O)n(CC2CCN(S(=O)(=O)c3cnoc3)CC2)cn1. The minimum absolute atomic E-state index is 0.0653. The first-order valence-electron chi connectivity index (χ1n) is 8.64. The van der Waals surface area contributed by atoms with Gasteiger partial charge in [-0.1, -0.05) is 25.9 Å². The van der Waals surface area contributed by atoms with Crippen molar-refractivity contribution in [3.8, 4) is 0 Å². The van der Waals surface area contributed by atoms with Gasteiger partial charge in [-0.15, -0.1) is 0 Å². The van der Waals surface area contributed by atoms with Gasteiger partial charge in [0, 0.05) is 31.1 Å². The highest BCUT2D eigenvalue weighted by molar-refractivity contribution is 7.89. The monoisotopic (exact) mass is 380 g/mol. The van der Waals surface area contributed by atoms with E-state index in [2.05, 4.69) is 14.7 Å². The molecule has 0 radical (unpaired) electrons. The van der Waals surface area contributed by atoms with Gasteiger partial charge in [0.25, 0.3) is 5.56 Å². The van der Waals surface area contributed by atoms with Gasteiger partial charge in [-0.2, -0.15) is 4.31 Å². The molecule has 0 aromatic carbocycles. The number of nitrogens with zero attached hydrogens (tertiary/aromatic N) is 4. The van der Waals surface area contributed by atoms with Gasteiger partial charge in [0.1, 0.15) is 11.2 Å². The Bertz CT molecular complexity index is 905. The average Bonchev–Trinajstić information content (AvgIpc) is 3.11. The molecule has 9 heteroatoms. The molecular formula is C17H24N4O4S. The van der Waals surface area contributed by atoms with Crippen LogP contribution in [0.15, 0.2) is 39.1 Å². The van der Waals surface area contributed by atoms with Crippen molar-refractivity contribution in [1.82, 2.24) is 19.0 Å². The van der Waals surface area contributed by atoms with Crippen LogP contribution in [-0.2, 0) is 22.0 Å². The van der Waals surface area contributed by atoms with Crippen LogP contribution in [0.1, 0.15) is 39.3 Å². The van der Waals surface area contributed by atoms with Crippen molar-refractivity contribution in [2.75, 3.05) is 13.1 Å². The van der Waals surface area contributed by atoms with E-state index in [1.54, 1.807) is 17.0 Å². The summed E-state index contributed by atoms with van der Waals surface area (Å²) in [6.07, 6.45) is 5.34. The minimum atomic E-state index is -3.55. The summed E-state index contributed by atoms with van der Waals surface area (Å²) in [6, 6.07) is 1.59. The van der Waals surface area contributed by atoms with Crippen molar-refractivity contribution in [2.24, 2.45) is 5.92 Å². The Morgan fingerprint density at radius 2 is 1.96 bits per heavy atom. The Hall–Kier alpha value is -2.00. The average molecular weight is 380 g/mol. The van der Waals surface area contributed by atoms with Crippen molar-refractivity contribution in [1.29, 1.82) is 0 Å². The first-order valence-corrected chi connectivity index (χ1v) is 10.1. The molecule has 1 aliphatic heterocycles. The first-order chi connectivity index (χ1) is 12.2. The second-order valence-electron chi connectivity index (χ2n) is 7.72. The van der Waals surface area contributed by atoms with Crippen LogP contribution in [0, 0.1) is 5.92 Å². The van der Waals surface area contributed by atoms with Crippen LogP contribution in [0.4, 0.5) is 0 Å². The number of rotatable bonds is 4. The molecule has 1 saturated heterocycles. The Labute approximate surface area is 152 Å². The molecule has 26 heavy (non-hydrogen) atoms. The van der Waals surface area contributed by atoms with E-state index < -0.39 is 10.0 Å². The lowest BCUT2D eigenvalue weighted by molar-refractivity contribution is 0.250. The second kappa shape index (κ2) is 6.96. The summed E-state index contributed by atoms with van der Waals surface area (Å²) in [6.45, 7) is 7.44. The third-order valence-corrected chi connectivity index (χ3v) is 6.57. The van der Waals surface area contributed by atoms with Crippen molar-refractivity contribution in [2.45, 2.75) is 50.5 Å². The van der Waals surface area contributed by atoms with Gasteiger partial charge in [0.2, 0.25) is 10.0 Å². The lowest BCUT2D eigenvalue weighted by Crippen LogP contribution is -2.40. The van der Waals surface area contributed by atoms with E-state index in [0.717, 1.165) is 12.0 Å². The third kappa shape index (κ3) is 3.88. The number of sulfonamides is 1. The fourth-order valence-corrected chi connectivity index (χ4v) is 4.39. The molecule has 3 heterocycles. The van der Waals surface area contributed by atoms with Crippen LogP contribution in [0.2, 0.25) is 0 Å². The van der Waals surface area contributed by atoms with Crippen molar-refractivity contribution in [3.05, 3.63) is 40.9 Å². The number of piperidine rings is 1. The molecule has 2 aromatic rings. The molecule has 2 aromatic heterocycles. The molecule has 0 spiro atoms. The summed E-state index contributed by atoms with van der Waals surface area (Å²) in [5, 5.41) is 3.46. The van der Waals surface area contributed by atoms with Gasteiger partial charge >= 0.3 is 0 Å². The van der Waals surface area contributed by atoms with Crippen molar-refractivity contribution >= 4 is 10.0 Å². The van der Waals surface area contributed by atoms with E-state index in [0.29, 0.717) is 32.5 Å². The van der Waals surface area contributed by atoms with Gasteiger partial charge in [-0.25, -0.2) is 13.4 Å². The van der Waals surface area contributed by atoms with Crippen LogP contribution in [0.25, 0.3) is 0 Å². The topological polar surface area (TPSA) is 98.3 Å². The summed E-state index contributed by atoms with van der Waals surface area (Å²) in [5.74, 6) is 0.240. The fourth-order valence-electron chi connectivity index (χ4n) is 3.06. The summed E-state index contributed by atoms with van der Waals surface area (Å²) < 4.78 is 32.6. The van der Waals surface area contributed by atoms with E-state index in [9.17, 15) is 13.2 Å². The summed E-state index contributed by atoms with van der Waals surface area (Å²) in [7, 11) is -3.55. The second-order valence-corrected chi connectivity index (χ2v) is 9.66. The molecule has 1 aliphatic rings. The molecule has 8 nitrogen and oxygen atoms in total. The van der Waals surface area contributed by atoms with Crippen LogP contribution < -0.4 is 5.56 Å². The molecule has 1 fully saturated rings.